The minimum absolute atomic E-state index is 0.00185. The Morgan fingerprint density at radius 3 is 2.52 bits per heavy atom. The van der Waals surface area contributed by atoms with Crippen LogP contribution >= 0.6 is 12.2 Å². The Morgan fingerprint density at radius 1 is 1.33 bits per heavy atom. The van der Waals surface area contributed by atoms with Gasteiger partial charge in [0.05, 0.1) is 5.75 Å². The first-order valence-corrected chi connectivity index (χ1v) is 9.23. The van der Waals surface area contributed by atoms with E-state index in [-0.39, 0.29) is 22.8 Å². The second-order valence-electron chi connectivity index (χ2n) is 5.78. The third kappa shape index (κ3) is 3.81. The summed E-state index contributed by atoms with van der Waals surface area (Å²) in [7, 11) is -3.33. The number of piperidine rings is 1. The summed E-state index contributed by atoms with van der Waals surface area (Å²) in [5.41, 5.74) is 7.04. The van der Waals surface area contributed by atoms with Gasteiger partial charge in [-0.05, 0) is 38.3 Å². The van der Waals surface area contributed by atoms with E-state index in [1.54, 1.807) is 28.6 Å². The summed E-state index contributed by atoms with van der Waals surface area (Å²) < 4.78 is 27.1. The van der Waals surface area contributed by atoms with Crippen LogP contribution in [0.15, 0.2) is 24.3 Å². The fraction of sp³-hybridized carbons (Fsp3) is 0.533. The van der Waals surface area contributed by atoms with Crippen LogP contribution in [-0.2, 0) is 15.8 Å². The summed E-state index contributed by atoms with van der Waals surface area (Å²) in [6, 6.07) is 7.29. The van der Waals surface area contributed by atoms with Crippen molar-refractivity contribution >= 4 is 27.2 Å². The second kappa shape index (κ2) is 6.42. The molecule has 1 fully saturated rings. The van der Waals surface area contributed by atoms with E-state index in [1.807, 2.05) is 13.8 Å². The molecule has 0 bridgehead atoms. The number of nitrogens with two attached hydrogens (primary N) is 1. The average Bonchev–Trinajstić information content (AvgIpc) is 2.37. The summed E-state index contributed by atoms with van der Waals surface area (Å²) in [6.45, 7) is 3.97. The van der Waals surface area contributed by atoms with E-state index in [0.717, 1.165) is 24.8 Å². The number of thiocarbonyl (C=S) groups is 1. The standard InChI is InChI=1S/C15H22N2O2S2/c1-11-5-3-6-12(2)17(11)21(18,19)10-13-7-4-8-14(9-13)15(16)20/h4,7-9,11-12H,3,5-6,10H2,1-2H3,(H2,16,20). The minimum Gasteiger partial charge on any atom is -0.389 e. The van der Waals surface area contributed by atoms with Crippen LogP contribution in [0.25, 0.3) is 0 Å². The molecule has 2 unspecified atom stereocenters. The minimum atomic E-state index is -3.33. The van der Waals surface area contributed by atoms with E-state index in [2.05, 4.69) is 0 Å². The van der Waals surface area contributed by atoms with Crippen LogP contribution < -0.4 is 5.73 Å². The SMILES string of the molecule is CC1CCCC(C)N1S(=O)(=O)Cc1cccc(C(N)=S)c1. The van der Waals surface area contributed by atoms with Gasteiger partial charge in [0.2, 0.25) is 10.0 Å². The van der Waals surface area contributed by atoms with Crippen LogP contribution in [-0.4, -0.2) is 29.8 Å². The van der Waals surface area contributed by atoms with Crippen molar-refractivity contribution in [1.29, 1.82) is 0 Å². The Balaban J connectivity index is 2.24. The van der Waals surface area contributed by atoms with Crippen molar-refractivity contribution in [2.24, 2.45) is 5.73 Å². The molecule has 2 atom stereocenters. The molecule has 0 radical (unpaired) electrons. The fourth-order valence-electron chi connectivity index (χ4n) is 3.05. The molecule has 0 spiro atoms. The Kier molecular flexibility index (Phi) is 5.01. The van der Waals surface area contributed by atoms with Crippen molar-refractivity contribution < 1.29 is 8.42 Å². The van der Waals surface area contributed by atoms with Gasteiger partial charge in [-0.25, -0.2) is 8.42 Å². The van der Waals surface area contributed by atoms with Gasteiger partial charge in [-0.3, -0.25) is 0 Å². The lowest BCUT2D eigenvalue weighted by Crippen LogP contribution is -2.47. The first kappa shape index (κ1) is 16.4. The molecule has 0 aromatic heterocycles. The van der Waals surface area contributed by atoms with Crippen LogP contribution in [0.3, 0.4) is 0 Å². The summed E-state index contributed by atoms with van der Waals surface area (Å²) >= 11 is 4.94. The molecular formula is C15H22N2O2S2. The molecule has 1 aliphatic heterocycles. The molecule has 6 heteroatoms. The maximum atomic E-state index is 12.7. The maximum Gasteiger partial charge on any atom is 0.218 e. The Labute approximate surface area is 132 Å². The maximum absolute atomic E-state index is 12.7. The molecule has 4 nitrogen and oxygen atoms in total. The highest BCUT2D eigenvalue weighted by Crippen LogP contribution is 2.27. The number of hydrogen-bond donors (Lipinski definition) is 1. The normalized spacial score (nSPS) is 23.9. The largest absolute Gasteiger partial charge is 0.389 e. The number of benzene rings is 1. The van der Waals surface area contributed by atoms with Crippen LogP contribution in [0.5, 0.6) is 0 Å². The van der Waals surface area contributed by atoms with Gasteiger partial charge in [-0.2, -0.15) is 4.31 Å². The van der Waals surface area contributed by atoms with Crippen molar-refractivity contribution in [3.8, 4) is 0 Å². The van der Waals surface area contributed by atoms with E-state index < -0.39 is 10.0 Å². The van der Waals surface area contributed by atoms with Crippen LogP contribution in [0.4, 0.5) is 0 Å². The summed E-state index contributed by atoms with van der Waals surface area (Å²) in [5, 5.41) is 0. The smallest absolute Gasteiger partial charge is 0.218 e. The lowest BCUT2D eigenvalue weighted by molar-refractivity contribution is 0.204. The van der Waals surface area contributed by atoms with E-state index in [1.165, 1.54) is 0 Å². The quantitative estimate of drug-likeness (QED) is 0.863. The third-order valence-electron chi connectivity index (χ3n) is 3.99. The summed E-state index contributed by atoms with van der Waals surface area (Å²) in [6.07, 6.45) is 2.94. The van der Waals surface area contributed by atoms with Crippen LogP contribution in [0, 0.1) is 0 Å². The van der Waals surface area contributed by atoms with E-state index in [0.29, 0.717) is 5.56 Å². The van der Waals surface area contributed by atoms with Gasteiger partial charge < -0.3 is 5.73 Å². The monoisotopic (exact) mass is 326 g/mol. The van der Waals surface area contributed by atoms with E-state index in [9.17, 15) is 8.42 Å². The van der Waals surface area contributed by atoms with Gasteiger partial charge in [0.25, 0.3) is 0 Å². The van der Waals surface area contributed by atoms with Gasteiger partial charge in [-0.1, -0.05) is 36.8 Å². The Morgan fingerprint density at radius 2 is 1.95 bits per heavy atom. The zero-order chi connectivity index (χ0) is 15.6. The van der Waals surface area contributed by atoms with Crippen molar-refractivity contribution in [3.05, 3.63) is 35.4 Å². The molecule has 0 saturated carbocycles. The highest BCUT2D eigenvalue weighted by molar-refractivity contribution is 7.88. The van der Waals surface area contributed by atoms with Crippen molar-refractivity contribution in [3.63, 3.8) is 0 Å². The fourth-order valence-corrected chi connectivity index (χ4v) is 5.23. The molecule has 1 aliphatic rings. The number of rotatable bonds is 4. The van der Waals surface area contributed by atoms with Gasteiger partial charge in [-0.15, -0.1) is 0 Å². The van der Waals surface area contributed by atoms with Crippen molar-refractivity contribution in [2.75, 3.05) is 0 Å². The Bertz CT molecular complexity index is 618. The highest BCUT2D eigenvalue weighted by atomic mass is 32.2. The van der Waals surface area contributed by atoms with Gasteiger partial charge in [0.1, 0.15) is 4.99 Å². The lowest BCUT2D eigenvalue weighted by atomic mass is 10.0. The van der Waals surface area contributed by atoms with Gasteiger partial charge >= 0.3 is 0 Å². The number of nitrogens with zero attached hydrogens (tertiary/aromatic N) is 1. The molecule has 1 aromatic carbocycles. The zero-order valence-corrected chi connectivity index (χ0v) is 14.1. The molecule has 1 heterocycles. The third-order valence-corrected chi connectivity index (χ3v) is 6.29. The summed E-state index contributed by atoms with van der Waals surface area (Å²) in [4.78, 5) is 0.286. The predicted octanol–water partition coefficient (Wildman–Crippen LogP) is 2.41. The molecule has 2 rings (SSSR count). The molecule has 0 aliphatic carbocycles. The molecular weight excluding hydrogens is 304 g/mol. The van der Waals surface area contributed by atoms with Crippen molar-refractivity contribution in [2.45, 2.75) is 50.9 Å². The molecule has 2 N–H and O–H groups in total. The molecule has 116 valence electrons. The van der Waals surface area contributed by atoms with Crippen LogP contribution in [0.1, 0.15) is 44.2 Å². The first-order valence-electron chi connectivity index (χ1n) is 7.21. The summed E-state index contributed by atoms with van der Waals surface area (Å²) in [5.74, 6) is -0.00185. The van der Waals surface area contributed by atoms with Crippen molar-refractivity contribution in [1.82, 2.24) is 4.31 Å². The number of sulfonamides is 1. The number of hydrogen-bond acceptors (Lipinski definition) is 3. The Hall–Kier alpha value is -0.980. The zero-order valence-electron chi connectivity index (χ0n) is 12.5. The van der Waals surface area contributed by atoms with E-state index in [4.69, 9.17) is 18.0 Å². The van der Waals surface area contributed by atoms with Gasteiger partial charge in [0, 0.05) is 17.6 Å². The molecule has 0 amide bonds. The topological polar surface area (TPSA) is 63.4 Å². The van der Waals surface area contributed by atoms with E-state index >= 15 is 0 Å². The highest BCUT2D eigenvalue weighted by Gasteiger charge is 2.34. The average molecular weight is 326 g/mol. The molecule has 1 aromatic rings. The van der Waals surface area contributed by atoms with Gasteiger partial charge in [0.15, 0.2) is 0 Å². The lowest BCUT2D eigenvalue weighted by Gasteiger charge is -2.37. The molecule has 1 saturated heterocycles. The first-order chi connectivity index (χ1) is 9.81. The second-order valence-corrected chi connectivity index (χ2v) is 8.09. The van der Waals surface area contributed by atoms with Crippen LogP contribution in [0.2, 0.25) is 0 Å². The predicted molar refractivity (Wildman–Crippen MR) is 89.6 cm³/mol. The molecule has 21 heavy (non-hydrogen) atoms.